The average Bonchev–Trinajstić information content (AvgIpc) is 3.45. The molecule has 5 rings (SSSR count). The molecule has 1 aliphatic carbocycles. The Balaban J connectivity index is 1.49. The molecule has 4 heterocycles. The first-order valence-electron chi connectivity index (χ1n) is 10.3. The molecule has 7 nitrogen and oxygen atoms in total. The third-order valence-electron chi connectivity index (χ3n) is 6.81. The van der Waals surface area contributed by atoms with Gasteiger partial charge in [-0.05, 0) is 24.3 Å². The van der Waals surface area contributed by atoms with Crippen molar-refractivity contribution in [2.75, 3.05) is 0 Å². The summed E-state index contributed by atoms with van der Waals surface area (Å²) in [6.07, 6.45) is 8.38. The Morgan fingerprint density at radius 2 is 2.10 bits per heavy atom. The maximum Gasteiger partial charge on any atom is 0.246 e. The molecule has 29 heavy (non-hydrogen) atoms. The summed E-state index contributed by atoms with van der Waals surface area (Å²) in [5.41, 5.74) is 4.52. The summed E-state index contributed by atoms with van der Waals surface area (Å²) in [4.78, 5) is 41.6. The van der Waals surface area contributed by atoms with Crippen molar-refractivity contribution < 1.29 is 19.1 Å². The molecule has 3 aliphatic heterocycles. The van der Waals surface area contributed by atoms with Crippen LogP contribution in [0.5, 0.6) is 0 Å². The smallest absolute Gasteiger partial charge is 0.246 e. The number of primary amides is 1. The highest BCUT2D eigenvalue weighted by Crippen LogP contribution is 2.55. The molecule has 8 heteroatoms. The van der Waals surface area contributed by atoms with Gasteiger partial charge in [-0.15, -0.1) is 11.3 Å². The van der Waals surface area contributed by atoms with Gasteiger partial charge in [-0.1, -0.05) is 37.5 Å². The van der Waals surface area contributed by atoms with Gasteiger partial charge in [0.05, 0.1) is 24.5 Å². The van der Waals surface area contributed by atoms with Crippen molar-refractivity contribution in [1.82, 2.24) is 10.2 Å². The minimum absolute atomic E-state index is 0.125. The van der Waals surface area contributed by atoms with Crippen LogP contribution in [-0.4, -0.2) is 46.4 Å². The van der Waals surface area contributed by atoms with Gasteiger partial charge in [-0.2, -0.15) is 0 Å². The number of hydrogen-bond donors (Lipinski definition) is 2. The molecule has 1 saturated carbocycles. The van der Waals surface area contributed by atoms with Gasteiger partial charge >= 0.3 is 0 Å². The van der Waals surface area contributed by atoms with Crippen LogP contribution in [0.4, 0.5) is 0 Å². The van der Waals surface area contributed by atoms with Crippen LogP contribution in [0.25, 0.3) is 0 Å². The fraction of sp³-hybridized carbons (Fsp3) is 0.571. The highest BCUT2D eigenvalue weighted by atomic mass is 32.1. The van der Waals surface area contributed by atoms with Crippen LogP contribution in [0.3, 0.4) is 0 Å². The van der Waals surface area contributed by atoms with E-state index in [1.807, 2.05) is 23.6 Å². The number of nitrogens with one attached hydrogen (secondary N) is 1. The normalized spacial score (nSPS) is 35.9. The lowest BCUT2D eigenvalue weighted by molar-refractivity contribution is -0.142. The maximum atomic E-state index is 13.5. The fourth-order valence-electron chi connectivity index (χ4n) is 5.56. The summed E-state index contributed by atoms with van der Waals surface area (Å²) in [6.45, 7) is 0.324. The second-order valence-corrected chi connectivity index (χ2v) is 9.52. The number of likely N-dealkylation sites (tertiary alicyclic amines) is 1. The van der Waals surface area contributed by atoms with Gasteiger partial charge in [0.15, 0.2) is 0 Å². The average molecular weight is 416 g/mol. The van der Waals surface area contributed by atoms with Crippen molar-refractivity contribution in [3.8, 4) is 0 Å². The van der Waals surface area contributed by atoms with Crippen LogP contribution >= 0.6 is 11.3 Å². The number of amides is 3. The topological polar surface area (TPSA) is 102 Å². The number of thiophene rings is 1. The summed E-state index contributed by atoms with van der Waals surface area (Å²) in [5.74, 6) is -2.44. The summed E-state index contributed by atoms with van der Waals surface area (Å²) in [5, 5.41) is 5.11. The van der Waals surface area contributed by atoms with Crippen LogP contribution in [0.15, 0.2) is 29.7 Å². The molecule has 0 aromatic carbocycles. The van der Waals surface area contributed by atoms with E-state index >= 15 is 0 Å². The zero-order valence-corrected chi connectivity index (χ0v) is 16.9. The van der Waals surface area contributed by atoms with E-state index in [9.17, 15) is 14.4 Å². The SMILES string of the molecule is NC(=O)[C@H]1[C@H]2C=C[C@@]3(O2)[C@H]1C(=O)N(Cc1cccs1)[C@@H]3C(=O)NC1CCCCC1. The van der Waals surface area contributed by atoms with Crippen LogP contribution in [0.1, 0.15) is 37.0 Å². The first-order chi connectivity index (χ1) is 14.0. The molecule has 0 radical (unpaired) electrons. The zero-order chi connectivity index (χ0) is 20.2. The van der Waals surface area contributed by atoms with E-state index < -0.39 is 35.5 Å². The van der Waals surface area contributed by atoms with E-state index in [2.05, 4.69) is 5.32 Å². The number of hydrogen-bond acceptors (Lipinski definition) is 5. The first kappa shape index (κ1) is 18.8. The van der Waals surface area contributed by atoms with Crippen molar-refractivity contribution >= 4 is 29.1 Å². The number of nitrogens with zero attached hydrogens (tertiary/aromatic N) is 1. The van der Waals surface area contributed by atoms with Gasteiger partial charge in [-0.3, -0.25) is 14.4 Å². The van der Waals surface area contributed by atoms with Crippen LogP contribution < -0.4 is 11.1 Å². The minimum atomic E-state index is -1.11. The molecular formula is C21H25N3O4S. The van der Waals surface area contributed by atoms with Crippen molar-refractivity contribution in [3.05, 3.63) is 34.5 Å². The molecule has 4 aliphatic rings. The highest BCUT2D eigenvalue weighted by molar-refractivity contribution is 7.09. The second kappa shape index (κ2) is 6.95. The van der Waals surface area contributed by atoms with Crippen molar-refractivity contribution in [3.63, 3.8) is 0 Å². The molecule has 0 unspecified atom stereocenters. The number of fused-ring (bicyclic) bond motifs is 1. The summed E-state index contributed by atoms with van der Waals surface area (Å²) in [7, 11) is 0. The first-order valence-corrected chi connectivity index (χ1v) is 11.2. The van der Waals surface area contributed by atoms with Crippen LogP contribution in [-0.2, 0) is 25.7 Å². The minimum Gasteiger partial charge on any atom is -0.369 e. The molecule has 154 valence electrons. The Bertz CT molecular complexity index is 863. The Kier molecular flexibility index (Phi) is 4.51. The number of nitrogens with two attached hydrogens (primary N) is 1. The van der Waals surface area contributed by atoms with Crippen molar-refractivity contribution in [2.24, 2.45) is 17.6 Å². The van der Waals surface area contributed by atoms with E-state index in [1.165, 1.54) is 17.8 Å². The molecule has 3 amide bonds. The van der Waals surface area contributed by atoms with Gasteiger partial charge in [0.1, 0.15) is 11.6 Å². The predicted octanol–water partition coefficient (Wildman–Crippen LogP) is 1.33. The summed E-state index contributed by atoms with van der Waals surface area (Å²) >= 11 is 1.54. The third kappa shape index (κ3) is 2.84. The number of carbonyl (C=O) groups is 3. The largest absolute Gasteiger partial charge is 0.369 e. The lowest BCUT2D eigenvalue weighted by Crippen LogP contribution is -2.56. The van der Waals surface area contributed by atoms with E-state index in [1.54, 1.807) is 11.0 Å². The predicted molar refractivity (Wildman–Crippen MR) is 107 cm³/mol. The Hall–Kier alpha value is -2.19. The Morgan fingerprint density at radius 1 is 1.31 bits per heavy atom. The molecule has 1 spiro atoms. The molecule has 1 aromatic heterocycles. The van der Waals surface area contributed by atoms with E-state index in [4.69, 9.17) is 10.5 Å². The molecular weight excluding hydrogens is 390 g/mol. The summed E-state index contributed by atoms with van der Waals surface area (Å²) in [6, 6.07) is 3.19. The van der Waals surface area contributed by atoms with Gasteiger partial charge in [0, 0.05) is 10.9 Å². The van der Waals surface area contributed by atoms with Gasteiger partial charge < -0.3 is 20.7 Å². The molecule has 1 aromatic rings. The fourth-order valence-corrected chi connectivity index (χ4v) is 6.26. The van der Waals surface area contributed by atoms with E-state index in [0.717, 1.165) is 30.6 Å². The lowest BCUT2D eigenvalue weighted by atomic mass is 9.74. The lowest BCUT2D eigenvalue weighted by Gasteiger charge is -2.34. The maximum absolute atomic E-state index is 13.5. The standard InChI is InChI=1S/C21H25N3O4S/c22-18(25)15-14-8-9-21(28-14)16(15)20(27)24(11-13-7-4-10-29-13)17(21)19(26)23-12-5-2-1-3-6-12/h4,7-10,12,14-17H,1-3,5-6,11H2,(H2,22,25)(H,23,26)/t14-,15+,16-,17-,21-/m1/s1. The monoisotopic (exact) mass is 415 g/mol. The Labute approximate surface area is 173 Å². The quantitative estimate of drug-likeness (QED) is 0.709. The number of rotatable bonds is 5. The molecule has 3 fully saturated rings. The highest BCUT2D eigenvalue weighted by Gasteiger charge is 2.72. The van der Waals surface area contributed by atoms with Crippen molar-refractivity contribution in [2.45, 2.75) is 62.4 Å². The van der Waals surface area contributed by atoms with Crippen LogP contribution in [0.2, 0.25) is 0 Å². The van der Waals surface area contributed by atoms with Gasteiger partial charge in [-0.25, -0.2) is 0 Å². The molecule has 2 bridgehead atoms. The van der Waals surface area contributed by atoms with E-state index in [0.29, 0.717) is 6.54 Å². The van der Waals surface area contributed by atoms with Gasteiger partial charge in [0.2, 0.25) is 17.7 Å². The Morgan fingerprint density at radius 3 is 2.79 bits per heavy atom. The number of ether oxygens (including phenoxy) is 1. The summed E-state index contributed by atoms with van der Waals surface area (Å²) < 4.78 is 6.17. The molecule has 2 saturated heterocycles. The molecule has 5 atom stereocenters. The number of carbonyl (C=O) groups excluding carboxylic acids is 3. The zero-order valence-electron chi connectivity index (χ0n) is 16.1. The van der Waals surface area contributed by atoms with Gasteiger partial charge in [0.25, 0.3) is 0 Å². The van der Waals surface area contributed by atoms with Crippen LogP contribution in [0, 0.1) is 11.8 Å². The second-order valence-electron chi connectivity index (χ2n) is 8.49. The molecule has 3 N–H and O–H groups in total. The third-order valence-corrected chi connectivity index (χ3v) is 7.67. The van der Waals surface area contributed by atoms with Crippen molar-refractivity contribution in [1.29, 1.82) is 0 Å². The van der Waals surface area contributed by atoms with E-state index in [-0.39, 0.29) is 17.9 Å².